The molecule has 1 amide bonds. The summed E-state index contributed by atoms with van der Waals surface area (Å²) in [6.07, 6.45) is 5.07. The van der Waals surface area contributed by atoms with Crippen LogP contribution >= 0.6 is 0 Å². The SMILES string of the molecule is C=CCN(C)C[C@]1(O)CCCN(CCCc2ccccc2)C1=O. The van der Waals surface area contributed by atoms with Gasteiger partial charge in [-0.25, -0.2) is 0 Å². The molecular weight excluding hydrogens is 288 g/mol. The second-order valence-electron chi connectivity index (χ2n) is 6.50. The van der Waals surface area contributed by atoms with Crippen LogP contribution in [0.25, 0.3) is 0 Å². The number of rotatable bonds is 8. The number of hydrogen-bond donors (Lipinski definition) is 1. The van der Waals surface area contributed by atoms with Crippen molar-refractivity contribution in [3.63, 3.8) is 0 Å². The molecule has 4 heteroatoms. The van der Waals surface area contributed by atoms with Gasteiger partial charge in [-0.15, -0.1) is 6.58 Å². The molecule has 126 valence electrons. The molecule has 1 aliphatic rings. The lowest BCUT2D eigenvalue weighted by molar-refractivity contribution is -0.159. The maximum atomic E-state index is 12.7. The lowest BCUT2D eigenvalue weighted by Crippen LogP contribution is -2.58. The Hall–Kier alpha value is -1.65. The molecule has 0 saturated carbocycles. The number of carbonyl (C=O) groups is 1. The lowest BCUT2D eigenvalue weighted by Gasteiger charge is -2.40. The van der Waals surface area contributed by atoms with Gasteiger partial charge in [0.2, 0.25) is 0 Å². The Labute approximate surface area is 139 Å². The predicted octanol–water partition coefficient (Wildman–Crippen LogP) is 2.09. The van der Waals surface area contributed by atoms with Gasteiger partial charge in [-0.2, -0.15) is 0 Å². The van der Waals surface area contributed by atoms with Crippen LogP contribution < -0.4 is 0 Å². The molecule has 1 N–H and O–H groups in total. The van der Waals surface area contributed by atoms with Crippen LogP contribution in [0.5, 0.6) is 0 Å². The molecule has 0 radical (unpaired) electrons. The summed E-state index contributed by atoms with van der Waals surface area (Å²) in [5.41, 5.74) is 0.0425. The molecule has 23 heavy (non-hydrogen) atoms. The van der Waals surface area contributed by atoms with Gasteiger partial charge < -0.3 is 10.0 Å². The van der Waals surface area contributed by atoms with Crippen LogP contribution in [-0.4, -0.2) is 59.6 Å². The van der Waals surface area contributed by atoms with Crippen molar-refractivity contribution >= 4 is 5.91 Å². The van der Waals surface area contributed by atoms with E-state index in [4.69, 9.17) is 0 Å². The largest absolute Gasteiger partial charge is 0.379 e. The minimum Gasteiger partial charge on any atom is -0.379 e. The second kappa shape index (κ2) is 8.27. The lowest BCUT2D eigenvalue weighted by atomic mass is 9.91. The van der Waals surface area contributed by atoms with Crippen molar-refractivity contribution in [1.29, 1.82) is 0 Å². The Kier molecular flexibility index (Phi) is 6.37. The van der Waals surface area contributed by atoms with Gasteiger partial charge in [0.15, 0.2) is 5.60 Å². The minimum atomic E-state index is -1.25. The van der Waals surface area contributed by atoms with E-state index in [1.54, 1.807) is 6.08 Å². The fraction of sp³-hybridized carbons (Fsp3) is 0.526. The van der Waals surface area contributed by atoms with E-state index in [-0.39, 0.29) is 5.91 Å². The monoisotopic (exact) mass is 316 g/mol. The van der Waals surface area contributed by atoms with Crippen molar-refractivity contribution < 1.29 is 9.90 Å². The summed E-state index contributed by atoms with van der Waals surface area (Å²) >= 11 is 0. The standard InChI is InChI=1S/C19H28N2O2/c1-3-13-20(2)16-19(23)12-8-15-21(18(19)22)14-7-11-17-9-5-4-6-10-17/h3-6,9-10,23H,1,7-8,11-16H2,2H3/t19-/m1/s1. The van der Waals surface area contributed by atoms with Gasteiger partial charge in [0, 0.05) is 26.2 Å². The average molecular weight is 316 g/mol. The van der Waals surface area contributed by atoms with Gasteiger partial charge in [0.05, 0.1) is 0 Å². The maximum Gasteiger partial charge on any atom is 0.255 e. The highest BCUT2D eigenvalue weighted by Gasteiger charge is 2.42. The molecule has 1 saturated heterocycles. The molecule has 2 rings (SSSR count). The average Bonchev–Trinajstić information content (AvgIpc) is 2.53. The number of likely N-dealkylation sites (N-methyl/N-ethyl adjacent to an activating group) is 1. The van der Waals surface area contributed by atoms with E-state index >= 15 is 0 Å². The molecule has 0 bridgehead atoms. The molecule has 1 fully saturated rings. The molecular formula is C19H28N2O2. The van der Waals surface area contributed by atoms with E-state index in [0.29, 0.717) is 26.1 Å². The van der Waals surface area contributed by atoms with Gasteiger partial charge in [0.25, 0.3) is 5.91 Å². The molecule has 1 atom stereocenters. The van der Waals surface area contributed by atoms with Crippen LogP contribution in [-0.2, 0) is 11.2 Å². The Morgan fingerprint density at radius 1 is 1.39 bits per heavy atom. The summed E-state index contributed by atoms with van der Waals surface area (Å²) in [6, 6.07) is 10.3. The fourth-order valence-corrected chi connectivity index (χ4v) is 3.28. The molecule has 0 aliphatic carbocycles. The zero-order chi connectivity index (χ0) is 16.7. The summed E-state index contributed by atoms with van der Waals surface area (Å²) < 4.78 is 0. The van der Waals surface area contributed by atoms with Crippen LogP contribution in [0.3, 0.4) is 0 Å². The number of piperidine rings is 1. The number of benzene rings is 1. The van der Waals surface area contributed by atoms with Gasteiger partial charge in [0.1, 0.15) is 0 Å². The molecule has 0 spiro atoms. The van der Waals surface area contributed by atoms with Crippen molar-refractivity contribution in [1.82, 2.24) is 9.80 Å². The fourth-order valence-electron chi connectivity index (χ4n) is 3.28. The summed E-state index contributed by atoms with van der Waals surface area (Å²) in [4.78, 5) is 16.4. The third-order valence-corrected chi connectivity index (χ3v) is 4.41. The highest BCUT2D eigenvalue weighted by atomic mass is 16.3. The van der Waals surface area contributed by atoms with Gasteiger partial charge >= 0.3 is 0 Å². The molecule has 0 unspecified atom stereocenters. The van der Waals surface area contributed by atoms with Crippen molar-refractivity contribution in [2.75, 3.05) is 33.2 Å². The van der Waals surface area contributed by atoms with Crippen LogP contribution in [0.15, 0.2) is 43.0 Å². The molecule has 4 nitrogen and oxygen atoms in total. The normalized spacial score (nSPS) is 21.7. The van der Waals surface area contributed by atoms with Crippen molar-refractivity contribution in [3.05, 3.63) is 48.6 Å². The number of aryl methyl sites for hydroxylation is 1. The number of carbonyl (C=O) groups excluding carboxylic acids is 1. The number of amides is 1. The van der Waals surface area contributed by atoms with E-state index in [2.05, 4.69) is 18.7 Å². The first-order chi connectivity index (χ1) is 11.0. The number of likely N-dealkylation sites (tertiary alicyclic amines) is 1. The molecule has 1 aromatic rings. The van der Waals surface area contributed by atoms with E-state index < -0.39 is 5.60 Å². The van der Waals surface area contributed by atoms with Gasteiger partial charge in [-0.1, -0.05) is 36.4 Å². The highest BCUT2D eigenvalue weighted by Crippen LogP contribution is 2.24. The second-order valence-corrected chi connectivity index (χ2v) is 6.50. The van der Waals surface area contributed by atoms with Crippen LogP contribution in [0.2, 0.25) is 0 Å². The van der Waals surface area contributed by atoms with E-state index in [1.807, 2.05) is 35.0 Å². The molecule has 1 aliphatic heterocycles. The Bertz CT molecular complexity index is 517. The first kappa shape index (κ1) is 17.7. The van der Waals surface area contributed by atoms with Crippen molar-refractivity contribution in [2.45, 2.75) is 31.3 Å². The quantitative estimate of drug-likeness (QED) is 0.747. The van der Waals surface area contributed by atoms with Gasteiger partial charge in [-0.3, -0.25) is 9.69 Å². The van der Waals surface area contributed by atoms with E-state index in [9.17, 15) is 9.90 Å². The van der Waals surface area contributed by atoms with Crippen LogP contribution in [0.1, 0.15) is 24.8 Å². The smallest absolute Gasteiger partial charge is 0.255 e. The summed E-state index contributed by atoms with van der Waals surface area (Å²) in [6.45, 7) is 6.20. The zero-order valence-electron chi connectivity index (χ0n) is 14.1. The first-order valence-corrected chi connectivity index (χ1v) is 8.40. The third kappa shape index (κ3) is 4.91. The summed E-state index contributed by atoms with van der Waals surface area (Å²) in [7, 11) is 1.90. The molecule has 1 aromatic carbocycles. The summed E-state index contributed by atoms with van der Waals surface area (Å²) in [5, 5.41) is 10.8. The molecule has 1 heterocycles. The van der Waals surface area contributed by atoms with Gasteiger partial charge in [-0.05, 0) is 38.3 Å². The number of hydrogen-bond acceptors (Lipinski definition) is 3. The maximum absolute atomic E-state index is 12.7. The zero-order valence-corrected chi connectivity index (χ0v) is 14.1. The van der Waals surface area contributed by atoms with Crippen LogP contribution in [0.4, 0.5) is 0 Å². The number of aliphatic hydroxyl groups is 1. The van der Waals surface area contributed by atoms with Crippen molar-refractivity contribution in [3.8, 4) is 0 Å². The summed E-state index contributed by atoms with van der Waals surface area (Å²) in [5.74, 6) is -0.118. The topological polar surface area (TPSA) is 43.8 Å². The first-order valence-electron chi connectivity index (χ1n) is 8.40. The Morgan fingerprint density at radius 2 is 2.13 bits per heavy atom. The van der Waals surface area contributed by atoms with E-state index in [0.717, 1.165) is 25.8 Å². The third-order valence-electron chi connectivity index (χ3n) is 4.41. The van der Waals surface area contributed by atoms with E-state index in [1.165, 1.54) is 5.56 Å². The number of nitrogens with zero attached hydrogens (tertiary/aromatic N) is 2. The molecule has 0 aromatic heterocycles. The van der Waals surface area contributed by atoms with Crippen LogP contribution in [0, 0.1) is 0 Å². The minimum absolute atomic E-state index is 0.118. The predicted molar refractivity (Wildman–Crippen MR) is 93.2 cm³/mol. The van der Waals surface area contributed by atoms with Crippen molar-refractivity contribution in [2.24, 2.45) is 0 Å². The Morgan fingerprint density at radius 3 is 2.83 bits per heavy atom. The highest BCUT2D eigenvalue weighted by molar-refractivity contribution is 5.86. The Balaban J connectivity index is 1.87.